The molecule has 0 bridgehead atoms. The quantitative estimate of drug-likeness (QED) is 0.222. The third kappa shape index (κ3) is 9.64. The number of hydrogen-bond acceptors (Lipinski definition) is 6. The molecule has 0 aliphatic heterocycles. The van der Waals surface area contributed by atoms with Crippen LogP contribution in [0.4, 0.5) is 0 Å². The average Bonchev–Trinajstić information content (AvgIpc) is 2.86. The minimum atomic E-state index is -0.0859. The van der Waals surface area contributed by atoms with Crippen LogP contribution in [0.1, 0.15) is 55.2 Å². The van der Waals surface area contributed by atoms with Gasteiger partial charge in [-0.05, 0) is 97.5 Å². The lowest BCUT2D eigenvalue weighted by atomic mass is 9.88. The molecule has 1 atom stereocenters. The molecule has 196 valence electrons. The fourth-order valence-electron chi connectivity index (χ4n) is 4.59. The second-order valence-electron chi connectivity index (χ2n) is 9.60. The minimum Gasteiger partial charge on any atom is -0.508 e. The summed E-state index contributed by atoms with van der Waals surface area (Å²) in [4.78, 5) is 24.8. The summed E-state index contributed by atoms with van der Waals surface area (Å²) in [5, 5.41) is 29.3. The van der Waals surface area contributed by atoms with Crippen molar-refractivity contribution in [1.82, 2.24) is 0 Å². The molecule has 6 nitrogen and oxygen atoms in total. The summed E-state index contributed by atoms with van der Waals surface area (Å²) in [7, 11) is 1.48. The van der Waals surface area contributed by atoms with Gasteiger partial charge in [-0.1, -0.05) is 30.3 Å². The molecule has 0 fully saturated rings. The number of aryl methyl sites for hydroxylation is 2. The Labute approximate surface area is 218 Å². The number of ether oxygens (including phenoxy) is 1. The second kappa shape index (κ2) is 14.1. The van der Waals surface area contributed by atoms with E-state index in [1.165, 1.54) is 13.2 Å². The summed E-state index contributed by atoms with van der Waals surface area (Å²) in [6.07, 6.45) is 5.09. The van der Waals surface area contributed by atoms with Gasteiger partial charge in [0.25, 0.3) is 0 Å². The summed E-state index contributed by atoms with van der Waals surface area (Å²) in [6.45, 7) is 0. The van der Waals surface area contributed by atoms with Gasteiger partial charge in [-0.25, -0.2) is 0 Å². The van der Waals surface area contributed by atoms with Gasteiger partial charge in [0.15, 0.2) is 11.5 Å². The third-order valence-electron chi connectivity index (χ3n) is 6.59. The number of carbonyl (C=O) groups is 2. The number of aromatic hydroxyl groups is 3. The van der Waals surface area contributed by atoms with Crippen LogP contribution in [-0.2, 0) is 28.9 Å². The van der Waals surface area contributed by atoms with Gasteiger partial charge >= 0.3 is 0 Å². The van der Waals surface area contributed by atoms with Crippen molar-refractivity contribution in [2.24, 2.45) is 5.92 Å². The number of methoxy groups -OCH3 is 1. The first kappa shape index (κ1) is 27.8. The standard InChI is InChI=1S/C31H36O6/c1-37-31-20-24(14-16-30(31)36)13-15-29(35)21-28(34)10-2-5-22(17-25-7-4-9-27(33)19-25)11-12-23-6-3-8-26(32)18-23/h3-4,6-9,14,16,18-20,22,32-33,36H,2,5,10-13,15,17,21H2,1H3/t22-/m1/s1. The SMILES string of the molecule is COc1cc(CCC(=O)CC(=O)CCC[C@H](CCc2cccc(O)c2)Cc2cccc(O)c2)ccc1O. The van der Waals surface area contributed by atoms with Gasteiger partial charge in [-0.3, -0.25) is 9.59 Å². The molecule has 37 heavy (non-hydrogen) atoms. The van der Waals surface area contributed by atoms with Crippen LogP contribution in [0.3, 0.4) is 0 Å². The van der Waals surface area contributed by atoms with Crippen molar-refractivity contribution < 1.29 is 29.6 Å². The highest BCUT2D eigenvalue weighted by Crippen LogP contribution is 2.27. The van der Waals surface area contributed by atoms with Crippen molar-refractivity contribution >= 4 is 11.6 Å². The summed E-state index contributed by atoms with van der Waals surface area (Å²) in [5.74, 6) is 1.08. The van der Waals surface area contributed by atoms with E-state index in [1.807, 2.05) is 24.3 Å². The summed E-state index contributed by atoms with van der Waals surface area (Å²) in [5.41, 5.74) is 2.99. The smallest absolute Gasteiger partial charge is 0.160 e. The Kier molecular flexibility index (Phi) is 10.6. The van der Waals surface area contributed by atoms with Crippen molar-refractivity contribution in [3.8, 4) is 23.0 Å². The third-order valence-corrected chi connectivity index (χ3v) is 6.59. The van der Waals surface area contributed by atoms with Gasteiger partial charge in [0, 0.05) is 12.8 Å². The lowest BCUT2D eigenvalue weighted by Crippen LogP contribution is -2.11. The maximum absolute atomic E-state index is 12.5. The van der Waals surface area contributed by atoms with E-state index in [0.29, 0.717) is 30.9 Å². The molecule has 0 aliphatic carbocycles. The summed E-state index contributed by atoms with van der Waals surface area (Å²) < 4.78 is 5.10. The largest absolute Gasteiger partial charge is 0.508 e. The van der Waals surface area contributed by atoms with Crippen LogP contribution in [0, 0.1) is 5.92 Å². The maximum atomic E-state index is 12.5. The highest BCUT2D eigenvalue weighted by atomic mass is 16.5. The van der Waals surface area contributed by atoms with Crippen LogP contribution >= 0.6 is 0 Å². The molecule has 0 radical (unpaired) electrons. The van der Waals surface area contributed by atoms with E-state index in [1.54, 1.807) is 36.4 Å². The highest BCUT2D eigenvalue weighted by molar-refractivity contribution is 5.99. The van der Waals surface area contributed by atoms with Gasteiger partial charge in [0.1, 0.15) is 23.1 Å². The zero-order valence-corrected chi connectivity index (χ0v) is 21.4. The molecule has 0 aromatic heterocycles. The molecule has 0 aliphatic rings. The Morgan fingerprint density at radius 1 is 0.757 bits per heavy atom. The molecule has 3 aromatic rings. The van der Waals surface area contributed by atoms with Crippen molar-refractivity contribution in [3.05, 3.63) is 83.4 Å². The zero-order valence-electron chi connectivity index (χ0n) is 21.4. The maximum Gasteiger partial charge on any atom is 0.160 e. The van der Waals surface area contributed by atoms with E-state index in [4.69, 9.17) is 4.74 Å². The lowest BCUT2D eigenvalue weighted by Gasteiger charge is -2.17. The van der Waals surface area contributed by atoms with E-state index < -0.39 is 0 Å². The molecule has 0 heterocycles. The van der Waals surface area contributed by atoms with Crippen molar-refractivity contribution in [2.45, 2.75) is 57.8 Å². The first-order valence-electron chi connectivity index (χ1n) is 12.8. The number of benzene rings is 3. The normalized spacial score (nSPS) is 11.7. The highest BCUT2D eigenvalue weighted by Gasteiger charge is 2.15. The number of phenols is 3. The minimum absolute atomic E-state index is 0.0441. The molecule has 0 unspecified atom stereocenters. The molecule has 3 rings (SSSR count). The summed E-state index contributed by atoms with van der Waals surface area (Å²) >= 11 is 0. The topological polar surface area (TPSA) is 104 Å². The monoisotopic (exact) mass is 504 g/mol. The predicted octanol–water partition coefficient (Wildman–Crippen LogP) is 5.93. The van der Waals surface area contributed by atoms with E-state index in [0.717, 1.165) is 42.4 Å². The van der Waals surface area contributed by atoms with Gasteiger partial charge in [-0.15, -0.1) is 0 Å². The molecule has 3 aromatic carbocycles. The molecule has 0 amide bonds. The first-order valence-corrected chi connectivity index (χ1v) is 12.8. The van der Waals surface area contributed by atoms with E-state index >= 15 is 0 Å². The van der Waals surface area contributed by atoms with Crippen LogP contribution in [0.2, 0.25) is 0 Å². The van der Waals surface area contributed by atoms with Crippen LogP contribution < -0.4 is 4.74 Å². The number of ketones is 2. The molecule has 0 saturated heterocycles. The fraction of sp³-hybridized carbons (Fsp3) is 0.355. The zero-order chi connectivity index (χ0) is 26.6. The number of hydrogen-bond donors (Lipinski definition) is 3. The Morgan fingerprint density at radius 2 is 1.41 bits per heavy atom. The molecular formula is C31H36O6. The summed E-state index contributed by atoms with van der Waals surface area (Å²) in [6, 6.07) is 19.5. The van der Waals surface area contributed by atoms with Crippen molar-refractivity contribution in [1.29, 1.82) is 0 Å². The molecule has 0 spiro atoms. The van der Waals surface area contributed by atoms with Crippen LogP contribution in [0.15, 0.2) is 66.7 Å². The van der Waals surface area contributed by atoms with Crippen molar-refractivity contribution in [3.63, 3.8) is 0 Å². The Hall–Kier alpha value is -3.80. The molecule has 0 saturated carbocycles. The number of carbonyl (C=O) groups excluding carboxylic acids is 2. The van der Waals surface area contributed by atoms with Gasteiger partial charge in [-0.2, -0.15) is 0 Å². The Balaban J connectivity index is 1.47. The molecular weight excluding hydrogens is 468 g/mol. The van der Waals surface area contributed by atoms with Crippen LogP contribution in [0.25, 0.3) is 0 Å². The number of Topliss-reactive ketones (excluding diaryl/α,β-unsaturated/α-hetero) is 2. The number of rotatable bonds is 15. The predicted molar refractivity (Wildman–Crippen MR) is 143 cm³/mol. The van der Waals surface area contributed by atoms with E-state index in [-0.39, 0.29) is 41.7 Å². The van der Waals surface area contributed by atoms with Crippen molar-refractivity contribution in [2.75, 3.05) is 7.11 Å². The lowest BCUT2D eigenvalue weighted by molar-refractivity contribution is -0.127. The van der Waals surface area contributed by atoms with E-state index in [9.17, 15) is 24.9 Å². The van der Waals surface area contributed by atoms with Gasteiger partial charge in [0.2, 0.25) is 0 Å². The first-order chi connectivity index (χ1) is 17.8. The second-order valence-corrected chi connectivity index (χ2v) is 9.60. The Bertz CT molecular complexity index is 1190. The molecule has 6 heteroatoms. The van der Waals surface area contributed by atoms with Gasteiger partial charge < -0.3 is 20.1 Å². The average molecular weight is 505 g/mol. The van der Waals surface area contributed by atoms with Crippen LogP contribution in [0.5, 0.6) is 23.0 Å². The van der Waals surface area contributed by atoms with E-state index in [2.05, 4.69) is 0 Å². The fourth-order valence-corrected chi connectivity index (χ4v) is 4.59. The van der Waals surface area contributed by atoms with Crippen LogP contribution in [-0.4, -0.2) is 34.0 Å². The number of phenolic OH excluding ortho intramolecular Hbond substituents is 3. The Morgan fingerprint density at radius 3 is 2.11 bits per heavy atom. The molecule has 3 N–H and O–H groups in total. The van der Waals surface area contributed by atoms with Gasteiger partial charge in [0.05, 0.1) is 13.5 Å².